The first-order chi connectivity index (χ1) is 7.84. The molecule has 0 aromatic heterocycles. The number of hydrogen-bond acceptors (Lipinski definition) is 2. The first-order valence-corrected chi connectivity index (χ1v) is 4.29. The number of hydrogen-bond donors (Lipinski definition) is 1. The SMILES string of the molecule is [2H]C([2H])([2H])C(=O)NC(C)c1ccc(OC)cc1. The van der Waals surface area contributed by atoms with Crippen molar-refractivity contribution in [2.45, 2.75) is 19.8 Å². The Morgan fingerprint density at radius 3 is 2.64 bits per heavy atom. The Balaban J connectivity index is 2.70. The van der Waals surface area contributed by atoms with Gasteiger partial charge in [0, 0.05) is 11.0 Å². The van der Waals surface area contributed by atoms with Crippen molar-refractivity contribution in [3.8, 4) is 5.75 Å². The lowest BCUT2D eigenvalue weighted by molar-refractivity contribution is -0.119. The highest BCUT2D eigenvalue weighted by Gasteiger charge is 2.05. The molecule has 1 unspecified atom stereocenters. The van der Waals surface area contributed by atoms with Crippen LogP contribution in [0.5, 0.6) is 5.75 Å². The van der Waals surface area contributed by atoms with Crippen LogP contribution in [0, 0.1) is 0 Å². The van der Waals surface area contributed by atoms with E-state index in [1.54, 1.807) is 38.3 Å². The molecule has 0 radical (unpaired) electrons. The van der Waals surface area contributed by atoms with E-state index in [9.17, 15) is 4.79 Å². The van der Waals surface area contributed by atoms with Crippen molar-refractivity contribution in [3.63, 3.8) is 0 Å². The van der Waals surface area contributed by atoms with Gasteiger partial charge >= 0.3 is 0 Å². The summed E-state index contributed by atoms with van der Waals surface area (Å²) in [4.78, 5) is 11.3. The van der Waals surface area contributed by atoms with Crippen molar-refractivity contribution in [1.29, 1.82) is 0 Å². The van der Waals surface area contributed by atoms with Crippen molar-refractivity contribution < 1.29 is 13.6 Å². The van der Waals surface area contributed by atoms with Crippen LogP contribution in [0.1, 0.15) is 29.5 Å². The van der Waals surface area contributed by atoms with E-state index >= 15 is 0 Å². The summed E-state index contributed by atoms with van der Waals surface area (Å²) in [5.41, 5.74) is 0.823. The number of carbonyl (C=O) groups is 1. The zero-order valence-corrected chi connectivity index (χ0v) is 8.20. The fourth-order valence-corrected chi connectivity index (χ4v) is 1.17. The number of carbonyl (C=O) groups excluding carboxylic acids is 1. The monoisotopic (exact) mass is 196 g/mol. The largest absolute Gasteiger partial charge is 0.497 e. The van der Waals surface area contributed by atoms with Gasteiger partial charge in [-0.1, -0.05) is 12.1 Å². The maximum Gasteiger partial charge on any atom is 0.217 e. The Labute approximate surface area is 88.3 Å². The molecule has 0 fully saturated rings. The number of nitrogens with one attached hydrogen (secondary N) is 1. The molecule has 1 rings (SSSR count). The van der Waals surface area contributed by atoms with Gasteiger partial charge in [-0.05, 0) is 24.6 Å². The van der Waals surface area contributed by atoms with Crippen molar-refractivity contribution in [2.75, 3.05) is 7.11 Å². The minimum absolute atomic E-state index is 0.353. The molecule has 3 nitrogen and oxygen atoms in total. The highest BCUT2D eigenvalue weighted by Crippen LogP contribution is 2.16. The smallest absolute Gasteiger partial charge is 0.217 e. The molecule has 1 aromatic carbocycles. The predicted molar refractivity (Wildman–Crippen MR) is 55.2 cm³/mol. The van der Waals surface area contributed by atoms with Crippen LogP contribution >= 0.6 is 0 Å². The molecule has 1 aromatic rings. The lowest BCUT2D eigenvalue weighted by atomic mass is 10.1. The molecule has 1 amide bonds. The van der Waals surface area contributed by atoms with E-state index in [2.05, 4.69) is 5.32 Å². The molecule has 76 valence electrons. The highest BCUT2D eigenvalue weighted by atomic mass is 16.5. The zero-order chi connectivity index (χ0) is 13.1. The summed E-state index contributed by atoms with van der Waals surface area (Å²) in [5, 5.41) is 2.43. The third-order valence-corrected chi connectivity index (χ3v) is 1.96. The molecule has 0 aliphatic heterocycles. The van der Waals surface area contributed by atoms with E-state index in [-0.39, 0.29) is 6.04 Å². The Kier molecular flexibility index (Phi) is 2.28. The van der Waals surface area contributed by atoms with Crippen molar-refractivity contribution >= 4 is 5.91 Å². The summed E-state index contributed by atoms with van der Waals surface area (Å²) in [5.74, 6) is -0.232. The topological polar surface area (TPSA) is 38.3 Å². The molecule has 0 spiro atoms. The van der Waals surface area contributed by atoms with Crippen LogP contribution in [0.3, 0.4) is 0 Å². The van der Waals surface area contributed by atoms with Gasteiger partial charge in [-0.25, -0.2) is 0 Å². The Bertz CT molecular complexity index is 387. The molecule has 0 bridgehead atoms. The second kappa shape index (κ2) is 4.65. The molecule has 0 aliphatic carbocycles. The number of rotatable bonds is 3. The van der Waals surface area contributed by atoms with Crippen LogP contribution < -0.4 is 10.1 Å². The van der Waals surface area contributed by atoms with Crippen molar-refractivity contribution in [2.24, 2.45) is 0 Å². The maximum atomic E-state index is 11.3. The molecule has 1 N–H and O–H groups in total. The summed E-state index contributed by atoms with van der Waals surface area (Å²) >= 11 is 0. The first kappa shape index (κ1) is 6.87. The van der Waals surface area contributed by atoms with Gasteiger partial charge < -0.3 is 10.1 Å². The molecule has 3 heteroatoms. The lowest BCUT2D eigenvalue weighted by Gasteiger charge is -2.12. The molecular formula is C11H15NO2. The Morgan fingerprint density at radius 1 is 1.50 bits per heavy atom. The van der Waals surface area contributed by atoms with Crippen LogP contribution in [0.4, 0.5) is 0 Å². The maximum absolute atomic E-state index is 11.3. The fraction of sp³-hybridized carbons (Fsp3) is 0.364. The van der Waals surface area contributed by atoms with E-state index in [1.165, 1.54) is 0 Å². The third-order valence-electron chi connectivity index (χ3n) is 1.96. The minimum atomic E-state index is -2.61. The molecule has 0 saturated heterocycles. The van der Waals surface area contributed by atoms with E-state index < -0.39 is 12.8 Å². The normalized spacial score (nSPS) is 16.0. The summed E-state index contributed by atoms with van der Waals surface area (Å²) in [7, 11) is 1.56. The third kappa shape index (κ3) is 2.76. The summed E-state index contributed by atoms with van der Waals surface area (Å²) in [6.45, 7) is -0.883. The number of ether oxygens (including phenoxy) is 1. The van der Waals surface area contributed by atoms with Gasteiger partial charge in [0.05, 0.1) is 13.2 Å². The van der Waals surface area contributed by atoms with Gasteiger partial charge in [-0.3, -0.25) is 4.79 Å². The van der Waals surface area contributed by atoms with Gasteiger partial charge in [-0.15, -0.1) is 0 Å². The Morgan fingerprint density at radius 2 is 2.14 bits per heavy atom. The second-order valence-corrected chi connectivity index (χ2v) is 2.97. The first-order valence-electron chi connectivity index (χ1n) is 5.79. The van der Waals surface area contributed by atoms with E-state index in [0.717, 1.165) is 5.56 Å². The lowest BCUT2D eigenvalue weighted by Crippen LogP contribution is -2.23. The predicted octanol–water partition coefficient (Wildman–Crippen LogP) is 1.89. The second-order valence-electron chi connectivity index (χ2n) is 2.97. The molecule has 1 atom stereocenters. The standard InChI is InChI=1S/C11H15NO2/c1-8(12-9(2)13)10-4-6-11(14-3)7-5-10/h4-8H,1-3H3,(H,12,13)/i2D3. The van der Waals surface area contributed by atoms with Gasteiger partial charge in [-0.2, -0.15) is 0 Å². The molecule has 0 heterocycles. The quantitative estimate of drug-likeness (QED) is 0.801. The van der Waals surface area contributed by atoms with Gasteiger partial charge in [0.1, 0.15) is 5.75 Å². The van der Waals surface area contributed by atoms with E-state index in [4.69, 9.17) is 8.85 Å². The Hall–Kier alpha value is -1.51. The van der Waals surface area contributed by atoms with E-state index in [1.807, 2.05) is 0 Å². The average molecular weight is 196 g/mol. The number of benzene rings is 1. The van der Waals surface area contributed by atoms with Crippen LogP contribution in [-0.2, 0) is 4.79 Å². The summed E-state index contributed by atoms with van der Waals surface area (Å²) in [6, 6.07) is 6.72. The molecule has 0 aliphatic rings. The molecule has 14 heavy (non-hydrogen) atoms. The van der Waals surface area contributed by atoms with Gasteiger partial charge in [0.25, 0.3) is 0 Å². The van der Waals surface area contributed by atoms with Gasteiger partial charge in [0.2, 0.25) is 5.91 Å². The molecule has 0 saturated carbocycles. The summed E-state index contributed by atoms with van der Waals surface area (Å²) < 4.78 is 25.9. The average Bonchev–Trinajstić information content (AvgIpc) is 2.27. The number of amides is 1. The van der Waals surface area contributed by atoms with E-state index in [0.29, 0.717) is 5.75 Å². The highest BCUT2D eigenvalue weighted by molar-refractivity contribution is 5.73. The fourth-order valence-electron chi connectivity index (χ4n) is 1.17. The van der Waals surface area contributed by atoms with Crippen LogP contribution in [0.15, 0.2) is 24.3 Å². The van der Waals surface area contributed by atoms with Gasteiger partial charge in [0.15, 0.2) is 0 Å². The van der Waals surface area contributed by atoms with Crippen LogP contribution in [0.2, 0.25) is 0 Å². The zero-order valence-electron chi connectivity index (χ0n) is 11.2. The molecular weight excluding hydrogens is 178 g/mol. The minimum Gasteiger partial charge on any atom is -0.497 e. The van der Waals surface area contributed by atoms with Crippen molar-refractivity contribution in [3.05, 3.63) is 29.8 Å². The van der Waals surface area contributed by atoms with Crippen LogP contribution in [0.25, 0.3) is 0 Å². The van der Waals surface area contributed by atoms with Crippen molar-refractivity contribution in [1.82, 2.24) is 5.32 Å². The summed E-state index contributed by atoms with van der Waals surface area (Å²) in [6.07, 6.45) is 0. The van der Waals surface area contributed by atoms with Crippen LogP contribution in [-0.4, -0.2) is 13.0 Å². The number of methoxy groups -OCH3 is 1.